The van der Waals surface area contributed by atoms with Crippen molar-refractivity contribution in [2.24, 2.45) is 7.05 Å². The lowest BCUT2D eigenvalue weighted by molar-refractivity contribution is 0.619. The van der Waals surface area contributed by atoms with E-state index < -0.39 is 0 Å². The van der Waals surface area contributed by atoms with Crippen LogP contribution in [0, 0.1) is 17.5 Å². The molecule has 0 aliphatic heterocycles. The number of aromatic amines is 1. The van der Waals surface area contributed by atoms with Crippen molar-refractivity contribution < 1.29 is 4.39 Å². The van der Waals surface area contributed by atoms with Crippen LogP contribution in [-0.4, -0.2) is 19.3 Å². The minimum Gasteiger partial charge on any atom is -0.327 e. The molecule has 2 heterocycles. The summed E-state index contributed by atoms with van der Waals surface area (Å²) in [5.74, 6) is -0.315. The number of aromatic nitrogens is 4. The predicted molar refractivity (Wildman–Crippen MR) is 87.0 cm³/mol. The number of aryl methyl sites for hydroxylation is 3. The molecular formula is C14H14BrFN4S. The summed E-state index contributed by atoms with van der Waals surface area (Å²) in [6.07, 6.45) is 0.806. The van der Waals surface area contributed by atoms with Gasteiger partial charge in [-0.3, -0.25) is 4.57 Å². The van der Waals surface area contributed by atoms with Gasteiger partial charge in [0.15, 0.2) is 10.4 Å². The van der Waals surface area contributed by atoms with Crippen LogP contribution in [0.4, 0.5) is 4.39 Å². The second-order valence-corrected chi connectivity index (χ2v) is 6.18. The van der Waals surface area contributed by atoms with Crippen molar-refractivity contribution in [1.82, 2.24) is 19.3 Å². The van der Waals surface area contributed by atoms with Gasteiger partial charge in [0, 0.05) is 7.05 Å². The zero-order valence-corrected chi connectivity index (χ0v) is 14.3. The number of imidazole rings is 1. The fraction of sp³-hybridized carbons (Fsp3) is 0.286. The summed E-state index contributed by atoms with van der Waals surface area (Å²) in [7, 11) is 1.87. The molecule has 0 spiro atoms. The van der Waals surface area contributed by atoms with Crippen LogP contribution in [0.5, 0.6) is 0 Å². The highest BCUT2D eigenvalue weighted by atomic mass is 79.9. The number of halogens is 2. The fourth-order valence-electron chi connectivity index (χ4n) is 2.56. The third-order valence-electron chi connectivity index (χ3n) is 3.55. The van der Waals surface area contributed by atoms with E-state index in [1.807, 2.05) is 25.5 Å². The molecule has 0 fully saturated rings. The van der Waals surface area contributed by atoms with Gasteiger partial charge in [-0.05, 0) is 59.2 Å². The molecule has 7 heteroatoms. The smallest absolute Gasteiger partial charge is 0.184 e. The average molecular weight is 369 g/mol. The lowest BCUT2D eigenvalue weighted by atomic mass is 10.2. The minimum atomic E-state index is -0.315. The highest BCUT2D eigenvalue weighted by molar-refractivity contribution is 9.10. The summed E-state index contributed by atoms with van der Waals surface area (Å²) in [5.41, 5.74) is 4.36. The molecule has 4 nitrogen and oxygen atoms in total. The molecular weight excluding hydrogens is 355 g/mol. The average Bonchev–Trinajstić information content (AvgIpc) is 2.91. The van der Waals surface area contributed by atoms with Crippen molar-refractivity contribution in [2.45, 2.75) is 20.3 Å². The Labute approximate surface area is 134 Å². The molecule has 1 aromatic carbocycles. The zero-order valence-electron chi connectivity index (χ0n) is 11.9. The monoisotopic (exact) mass is 368 g/mol. The van der Waals surface area contributed by atoms with Crippen molar-refractivity contribution in [3.8, 4) is 5.69 Å². The van der Waals surface area contributed by atoms with Crippen LogP contribution < -0.4 is 0 Å². The molecule has 3 aromatic rings. The van der Waals surface area contributed by atoms with Gasteiger partial charge in [-0.2, -0.15) is 5.10 Å². The Morgan fingerprint density at radius 3 is 2.81 bits per heavy atom. The molecule has 0 saturated heterocycles. The maximum atomic E-state index is 13.9. The van der Waals surface area contributed by atoms with E-state index in [-0.39, 0.29) is 5.82 Å². The number of rotatable bonds is 2. The molecule has 0 amide bonds. The van der Waals surface area contributed by atoms with Gasteiger partial charge in [0.2, 0.25) is 0 Å². The molecule has 0 unspecified atom stereocenters. The van der Waals surface area contributed by atoms with Crippen LogP contribution in [0.25, 0.3) is 16.9 Å². The van der Waals surface area contributed by atoms with Crippen LogP contribution in [0.2, 0.25) is 0 Å². The molecule has 0 aliphatic rings. The molecule has 0 radical (unpaired) electrons. The summed E-state index contributed by atoms with van der Waals surface area (Å²) in [6, 6.07) is 3.24. The topological polar surface area (TPSA) is 38.5 Å². The molecule has 0 saturated carbocycles. The minimum absolute atomic E-state index is 0.315. The van der Waals surface area contributed by atoms with E-state index in [4.69, 9.17) is 12.2 Å². The summed E-state index contributed by atoms with van der Waals surface area (Å²) in [5, 5.41) is 4.48. The summed E-state index contributed by atoms with van der Waals surface area (Å²) in [4.78, 5) is 3.19. The molecule has 110 valence electrons. The highest BCUT2D eigenvalue weighted by Gasteiger charge is 2.17. The molecule has 0 atom stereocenters. The normalized spacial score (nSPS) is 11.5. The summed E-state index contributed by atoms with van der Waals surface area (Å²) >= 11 is 8.63. The maximum absolute atomic E-state index is 13.9. The van der Waals surface area contributed by atoms with E-state index >= 15 is 0 Å². The van der Waals surface area contributed by atoms with Gasteiger partial charge in [-0.15, -0.1) is 0 Å². The maximum Gasteiger partial charge on any atom is 0.184 e. The van der Waals surface area contributed by atoms with E-state index in [1.165, 1.54) is 6.07 Å². The van der Waals surface area contributed by atoms with Gasteiger partial charge in [-0.1, -0.05) is 6.92 Å². The molecule has 1 N–H and O–H groups in total. The van der Waals surface area contributed by atoms with E-state index in [0.29, 0.717) is 9.24 Å². The van der Waals surface area contributed by atoms with Crippen molar-refractivity contribution >= 4 is 39.3 Å². The summed E-state index contributed by atoms with van der Waals surface area (Å²) < 4.78 is 18.5. The lowest BCUT2D eigenvalue weighted by Gasteiger charge is -2.10. The number of fused-ring (bicyclic) bond motifs is 1. The van der Waals surface area contributed by atoms with E-state index in [1.54, 1.807) is 10.7 Å². The second-order valence-electron chi connectivity index (χ2n) is 4.94. The lowest BCUT2D eigenvalue weighted by Crippen LogP contribution is -2.03. The van der Waals surface area contributed by atoms with Crippen LogP contribution >= 0.6 is 28.1 Å². The van der Waals surface area contributed by atoms with E-state index in [0.717, 1.165) is 34.5 Å². The first-order chi connectivity index (χ1) is 9.93. The van der Waals surface area contributed by atoms with Crippen molar-refractivity contribution in [3.05, 3.63) is 38.5 Å². The fourth-order valence-corrected chi connectivity index (χ4v) is 3.31. The SMILES string of the molecule is CCc1nn(C)c2c1[nH]c(=S)n2-c1cc(F)c(Br)cc1C. The van der Waals surface area contributed by atoms with Gasteiger partial charge in [0.1, 0.15) is 11.3 Å². The van der Waals surface area contributed by atoms with Crippen molar-refractivity contribution in [2.75, 3.05) is 0 Å². The van der Waals surface area contributed by atoms with Crippen LogP contribution in [0.1, 0.15) is 18.2 Å². The van der Waals surface area contributed by atoms with E-state index in [9.17, 15) is 4.39 Å². The van der Waals surface area contributed by atoms with Gasteiger partial charge in [-0.25, -0.2) is 9.07 Å². The Hall–Kier alpha value is -1.47. The Kier molecular flexibility index (Phi) is 3.49. The number of hydrogen-bond donors (Lipinski definition) is 1. The third kappa shape index (κ3) is 2.15. The number of H-pyrrole nitrogens is 1. The first-order valence-corrected chi connectivity index (χ1v) is 7.76. The predicted octanol–water partition coefficient (Wildman–Crippen LogP) is 4.19. The van der Waals surface area contributed by atoms with Crippen molar-refractivity contribution in [1.29, 1.82) is 0 Å². The molecule has 0 aliphatic carbocycles. The Bertz CT molecular complexity index is 906. The first kappa shape index (κ1) is 14.5. The molecule has 2 aromatic heterocycles. The first-order valence-electron chi connectivity index (χ1n) is 6.56. The number of hydrogen-bond acceptors (Lipinski definition) is 2. The van der Waals surface area contributed by atoms with Gasteiger partial charge in [0.05, 0.1) is 15.9 Å². The standard InChI is InChI=1S/C14H14BrFN4S/c1-4-10-12-13(19(3)18-10)20(14(21)17-12)11-6-9(16)8(15)5-7(11)2/h5-6H,4H2,1-3H3,(H,17,21). The Morgan fingerprint density at radius 2 is 2.14 bits per heavy atom. The second kappa shape index (κ2) is 5.06. The van der Waals surface area contributed by atoms with E-state index in [2.05, 4.69) is 26.0 Å². The van der Waals surface area contributed by atoms with Gasteiger partial charge >= 0.3 is 0 Å². The van der Waals surface area contributed by atoms with Crippen molar-refractivity contribution in [3.63, 3.8) is 0 Å². The Morgan fingerprint density at radius 1 is 1.43 bits per heavy atom. The summed E-state index contributed by atoms with van der Waals surface area (Å²) in [6.45, 7) is 3.97. The van der Waals surface area contributed by atoms with Gasteiger partial charge < -0.3 is 4.98 Å². The highest BCUT2D eigenvalue weighted by Crippen LogP contribution is 2.27. The molecule has 0 bridgehead atoms. The van der Waals surface area contributed by atoms with Gasteiger partial charge in [0.25, 0.3) is 0 Å². The zero-order chi connectivity index (χ0) is 15.3. The van der Waals surface area contributed by atoms with Crippen LogP contribution in [-0.2, 0) is 13.5 Å². The largest absolute Gasteiger partial charge is 0.327 e. The van der Waals surface area contributed by atoms with Crippen LogP contribution in [0.3, 0.4) is 0 Å². The molecule has 21 heavy (non-hydrogen) atoms. The number of nitrogens with zero attached hydrogens (tertiary/aromatic N) is 3. The number of nitrogens with one attached hydrogen (secondary N) is 1. The third-order valence-corrected chi connectivity index (χ3v) is 4.44. The molecule has 3 rings (SSSR count). The quantitative estimate of drug-likeness (QED) is 0.688. The van der Waals surface area contributed by atoms with Crippen LogP contribution in [0.15, 0.2) is 16.6 Å². The number of benzene rings is 1. The Balaban J connectivity index is 2.41.